The summed E-state index contributed by atoms with van der Waals surface area (Å²) in [6.07, 6.45) is 0. The van der Waals surface area contributed by atoms with Gasteiger partial charge in [0.1, 0.15) is 0 Å². The van der Waals surface area contributed by atoms with E-state index >= 15 is 0 Å². The molecular weight excluding hydrogens is 308 g/mol. The molecule has 1 aromatic carbocycles. The number of aromatic amines is 1. The van der Waals surface area contributed by atoms with Crippen molar-refractivity contribution in [3.63, 3.8) is 0 Å². The fourth-order valence-corrected chi connectivity index (χ4v) is 2.73. The van der Waals surface area contributed by atoms with Gasteiger partial charge in [-0.2, -0.15) is 5.10 Å². The van der Waals surface area contributed by atoms with Gasteiger partial charge in [-0.1, -0.05) is 24.1 Å². The molecule has 0 spiro atoms. The van der Waals surface area contributed by atoms with Crippen LogP contribution in [-0.2, 0) is 4.79 Å². The highest BCUT2D eigenvalue weighted by atomic mass is 16.2. The highest BCUT2D eigenvalue weighted by Gasteiger charge is 2.26. The van der Waals surface area contributed by atoms with Gasteiger partial charge in [-0.05, 0) is 18.9 Å². The van der Waals surface area contributed by atoms with Crippen LogP contribution in [0.1, 0.15) is 17.4 Å². The summed E-state index contributed by atoms with van der Waals surface area (Å²) < 4.78 is 0. The van der Waals surface area contributed by atoms with Crippen LogP contribution in [0.3, 0.4) is 0 Å². The Bertz CT molecular complexity index is 915. The predicted molar refractivity (Wildman–Crippen MR) is 88.3 cm³/mol. The van der Waals surface area contributed by atoms with Gasteiger partial charge in [0.2, 0.25) is 0 Å². The van der Waals surface area contributed by atoms with Crippen LogP contribution in [0, 0.1) is 11.8 Å². The van der Waals surface area contributed by atoms with Crippen molar-refractivity contribution in [1.29, 1.82) is 0 Å². The van der Waals surface area contributed by atoms with E-state index in [9.17, 15) is 14.4 Å². The molecule has 122 valence electrons. The van der Waals surface area contributed by atoms with Gasteiger partial charge in [0.15, 0.2) is 5.69 Å². The fraction of sp³-hybridized carbons (Fsp3) is 0.294. The zero-order valence-electron chi connectivity index (χ0n) is 13.2. The van der Waals surface area contributed by atoms with Crippen molar-refractivity contribution in [3.05, 3.63) is 40.3 Å². The Morgan fingerprint density at radius 2 is 1.71 bits per heavy atom. The van der Waals surface area contributed by atoms with E-state index in [1.807, 2.05) is 0 Å². The largest absolute Gasteiger partial charge is 0.334 e. The number of H-pyrrole nitrogens is 1. The third kappa shape index (κ3) is 2.86. The number of rotatable bonds is 1. The highest BCUT2D eigenvalue weighted by Crippen LogP contribution is 2.15. The third-order valence-corrected chi connectivity index (χ3v) is 3.98. The molecule has 2 aromatic rings. The van der Waals surface area contributed by atoms with Crippen molar-refractivity contribution in [2.24, 2.45) is 0 Å². The Morgan fingerprint density at radius 1 is 1.08 bits per heavy atom. The van der Waals surface area contributed by atoms with Gasteiger partial charge in [-0.25, -0.2) is 5.10 Å². The number of nitrogens with zero attached hydrogens (tertiary/aromatic N) is 3. The van der Waals surface area contributed by atoms with E-state index in [0.717, 1.165) is 0 Å². The SMILES string of the molecule is CC#CC(=O)N1CCN(C(=O)c2n[nH]c(=O)c3ccccc23)CC1. The lowest BCUT2D eigenvalue weighted by Gasteiger charge is -2.33. The molecule has 1 aliphatic heterocycles. The maximum absolute atomic E-state index is 12.7. The van der Waals surface area contributed by atoms with Crippen molar-refractivity contribution < 1.29 is 9.59 Å². The monoisotopic (exact) mass is 324 g/mol. The number of nitrogens with one attached hydrogen (secondary N) is 1. The maximum atomic E-state index is 12.7. The second-order valence-electron chi connectivity index (χ2n) is 5.41. The first-order chi connectivity index (χ1) is 11.6. The lowest BCUT2D eigenvalue weighted by molar-refractivity contribution is -0.126. The van der Waals surface area contributed by atoms with E-state index in [1.54, 1.807) is 41.0 Å². The summed E-state index contributed by atoms with van der Waals surface area (Å²) in [4.78, 5) is 39.6. The summed E-state index contributed by atoms with van der Waals surface area (Å²) in [6, 6.07) is 6.87. The molecule has 1 aliphatic rings. The van der Waals surface area contributed by atoms with Gasteiger partial charge in [0, 0.05) is 31.6 Å². The van der Waals surface area contributed by atoms with Gasteiger partial charge in [-0.15, -0.1) is 0 Å². The number of benzene rings is 1. The summed E-state index contributed by atoms with van der Waals surface area (Å²) in [6.45, 7) is 3.29. The molecule has 1 fully saturated rings. The number of carbonyl (C=O) groups excluding carboxylic acids is 2. The predicted octanol–water partition coefficient (Wildman–Crippen LogP) is 0.231. The zero-order valence-corrected chi connectivity index (χ0v) is 13.2. The van der Waals surface area contributed by atoms with Gasteiger partial charge in [-0.3, -0.25) is 14.4 Å². The van der Waals surface area contributed by atoms with Gasteiger partial charge >= 0.3 is 0 Å². The van der Waals surface area contributed by atoms with E-state index in [2.05, 4.69) is 22.0 Å². The van der Waals surface area contributed by atoms with Crippen LogP contribution >= 0.6 is 0 Å². The van der Waals surface area contributed by atoms with Crippen LogP contribution in [0.25, 0.3) is 10.8 Å². The molecule has 0 bridgehead atoms. The minimum atomic E-state index is -0.323. The summed E-state index contributed by atoms with van der Waals surface area (Å²) in [7, 11) is 0. The number of aromatic nitrogens is 2. The Kier molecular flexibility index (Phi) is 4.29. The number of hydrogen-bond donors (Lipinski definition) is 1. The molecular formula is C17H16N4O3. The van der Waals surface area contributed by atoms with Crippen molar-refractivity contribution >= 4 is 22.6 Å². The van der Waals surface area contributed by atoms with E-state index in [4.69, 9.17) is 0 Å². The average Bonchev–Trinajstić information content (AvgIpc) is 2.62. The molecule has 7 heteroatoms. The Hall–Kier alpha value is -3.14. The van der Waals surface area contributed by atoms with Crippen molar-refractivity contribution in [1.82, 2.24) is 20.0 Å². The molecule has 3 rings (SSSR count). The molecule has 2 heterocycles. The highest BCUT2D eigenvalue weighted by molar-refractivity contribution is 6.04. The minimum Gasteiger partial charge on any atom is -0.334 e. The van der Waals surface area contributed by atoms with Gasteiger partial charge in [0.25, 0.3) is 17.4 Å². The molecule has 1 saturated heterocycles. The lowest BCUT2D eigenvalue weighted by Crippen LogP contribution is -2.50. The molecule has 2 amide bonds. The zero-order chi connectivity index (χ0) is 17.1. The fourth-order valence-electron chi connectivity index (χ4n) is 2.73. The molecule has 1 aromatic heterocycles. The summed E-state index contributed by atoms with van der Waals surface area (Å²) >= 11 is 0. The molecule has 0 unspecified atom stereocenters. The van der Waals surface area contributed by atoms with Crippen molar-refractivity contribution in [2.75, 3.05) is 26.2 Å². The first-order valence-corrected chi connectivity index (χ1v) is 7.60. The maximum Gasteiger partial charge on any atom is 0.298 e. The van der Waals surface area contributed by atoms with E-state index in [-0.39, 0.29) is 23.1 Å². The molecule has 24 heavy (non-hydrogen) atoms. The Balaban J connectivity index is 1.81. The van der Waals surface area contributed by atoms with E-state index in [0.29, 0.717) is 37.0 Å². The van der Waals surface area contributed by atoms with E-state index in [1.165, 1.54) is 0 Å². The van der Waals surface area contributed by atoms with Crippen LogP contribution < -0.4 is 5.56 Å². The normalized spacial score (nSPS) is 14.2. The third-order valence-electron chi connectivity index (χ3n) is 3.98. The standard InChI is InChI=1S/C17H16N4O3/c1-2-5-14(22)20-8-10-21(11-9-20)17(24)15-12-6-3-4-7-13(12)16(23)19-18-15/h3-4,6-7H,8-11H2,1H3,(H,19,23). The second-order valence-corrected chi connectivity index (χ2v) is 5.41. The molecule has 0 aliphatic carbocycles. The van der Waals surface area contributed by atoms with Gasteiger partial charge in [0.05, 0.1) is 5.39 Å². The van der Waals surface area contributed by atoms with Crippen LogP contribution in [0.4, 0.5) is 0 Å². The van der Waals surface area contributed by atoms with Crippen LogP contribution in [0.5, 0.6) is 0 Å². The summed E-state index contributed by atoms with van der Waals surface area (Å²) in [5.74, 6) is 4.61. The average molecular weight is 324 g/mol. The van der Waals surface area contributed by atoms with Crippen molar-refractivity contribution in [2.45, 2.75) is 6.92 Å². The van der Waals surface area contributed by atoms with E-state index < -0.39 is 0 Å². The first kappa shape index (κ1) is 15.7. The van der Waals surface area contributed by atoms with Crippen LogP contribution in [0.15, 0.2) is 29.1 Å². The quantitative estimate of drug-likeness (QED) is 0.761. The Labute approximate surface area is 138 Å². The number of hydrogen-bond acceptors (Lipinski definition) is 4. The molecule has 7 nitrogen and oxygen atoms in total. The lowest BCUT2D eigenvalue weighted by atomic mass is 10.1. The Morgan fingerprint density at radius 3 is 2.38 bits per heavy atom. The number of amides is 2. The minimum absolute atomic E-state index is 0.221. The summed E-state index contributed by atoms with van der Waals surface area (Å²) in [5.41, 5.74) is -0.103. The number of piperazine rings is 1. The first-order valence-electron chi connectivity index (χ1n) is 7.60. The molecule has 1 N–H and O–H groups in total. The van der Waals surface area contributed by atoms with Gasteiger partial charge < -0.3 is 9.80 Å². The van der Waals surface area contributed by atoms with Crippen LogP contribution in [0.2, 0.25) is 0 Å². The molecule has 0 radical (unpaired) electrons. The second kappa shape index (κ2) is 6.54. The van der Waals surface area contributed by atoms with Crippen molar-refractivity contribution in [3.8, 4) is 11.8 Å². The topological polar surface area (TPSA) is 86.4 Å². The smallest absolute Gasteiger partial charge is 0.298 e. The summed E-state index contributed by atoms with van der Waals surface area (Å²) in [5, 5.41) is 7.27. The molecule has 0 saturated carbocycles. The number of carbonyl (C=O) groups is 2. The molecule has 0 atom stereocenters. The van der Waals surface area contributed by atoms with Crippen LogP contribution in [-0.4, -0.2) is 58.0 Å². The number of fused-ring (bicyclic) bond motifs is 1.